The van der Waals surface area contributed by atoms with Gasteiger partial charge < -0.3 is 0 Å². The number of nitrogens with zero attached hydrogens (tertiary/aromatic N) is 2. The first kappa shape index (κ1) is 11.2. The third-order valence-electron chi connectivity index (χ3n) is 2.49. The second kappa shape index (κ2) is 4.29. The molecule has 86 valence electrons. The number of H-pyrrole nitrogens is 1. The van der Waals surface area contributed by atoms with Crippen LogP contribution in [0.25, 0.3) is 11.3 Å². The largest absolute Gasteiger partial charge is 0.294 e. The van der Waals surface area contributed by atoms with Crippen molar-refractivity contribution in [1.29, 1.82) is 0 Å². The minimum atomic E-state index is -0.159. The van der Waals surface area contributed by atoms with Gasteiger partial charge >= 0.3 is 0 Å². The summed E-state index contributed by atoms with van der Waals surface area (Å²) in [5, 5.41) is 10.1. The molecule has 1 N–H and O–H groups in total. The highest BCUT2D eigenvalue weighted by molar-refractivity contribution is 6.11. The van der Waals surface area contributed by atoms with E-state index in [4.69, 9.17) is 0 Å². The van der Waals surface area contributed by atoms with Crippen LogP contribution in [0.4, 0.5) is 0 Å². The second-order valence-electron chi connectivity index (χ2n) is 3.70. The number of nitrogens with one attached hydrogen (secondary N) is 1. The van der Waals surface area contributed by atoms with Gasteiger partial charge in [0.15, 0.2) is 11.6 Å². The first-order valence-electron chi connectivity index (χ1n) is 5.12. The molecule has 0 saturated carbocycles. The summed E-state index contributed by atoms with van der Waals surface area (Å²) < 4.78 is 0. The summed E-state index contributed by atoms with van der Waals surface area (Å²) >= 11 is 0. The average Bonchev–Trinajstić information content (AvgIpc) is 2.81. The highest BCUT2D eigenvalue weighted by Crippen LogP contribution is 2.25. The Hall–Kier alpha value is -2.30. The lowest BCUT2D eigenvalue weighted by atomic mass is 9.94. The van der Waals surface area contributed by atoms with Crippen molar-refractivity contribution in [2.75, 3.05) is 0 Å². The molecule has 0 atom stereocenters. The van der Waals surface area contributed by atoms with Crippen LogP contribution in [0.1, 0.15) is 34.6 Å². The summed E-state index contributed by atoms with van der Waals surface area (Å²) in [4.78, 5) is 23.2. The lowest BCUT2D eigenvalue weighted by molar-refractivity contribution is 0.0981. The van der Waals surface area contributed by atoms with E-state index in [1.54, 1.807) is 18.2 Å². The van der Waals surface area contributed by atoms with E-state index in [-0.39, 0.29) is 11.6 Å². The van der Waals surface area contributed by atoms with E-state index in [0.29, 0.717) is 22.4 Å². The maximum atomic E-state index is 11.7. The molecule has 0 spiro atoms. The highest BCUT2D eigenvalue weighted by atomic mass is 16.1. The maximum absolute atomic E-state index is 11.7. The lowest BCUT2D eigenvalue weighted by Crippen LogP contribution is -2.06. The Bertz CT molecular complexity index is 573. The number of rotatable bonds is 3. The van der Waals surface area contributed by atoms with Crippen LogP contribution in [-0.2, 0) is 0 Å². The van der Waals surface area contributed by atoms with Crippen molar-refractivity contribution in [3.63, 3.8) is 0 Å². The quantitative estimate of drug-likeness (QED) is 0.815. The van der Waals surface area contributed by atoms with Crippen LogP contribution in [0.2, 0.25) is 0 Å². The van der Waals surface area contributed by atoms with Gasteiger partial charge in [-0.15, -0.1) is 0 Å². The van der Waals surface area contributed by atoms with Gasteiger partial charge in [-0.1, -0.05) is 18.2 Å². The molecular weight excluding hydrogens is 218 g/mol. The van der Waals surface area contributed by atoms with E-state index >= 15 is 0 Å². The number of ketones is 2. The van der Waals surface area contributed by atoms with Crippen molar-refractivity contribution in [3.8, 4) is 11.3 Å². The van der Waals surface area contributed by atoms with Crippen LogP contribution in [-0.4, -0.2) is 27.0 Å². The van der Waals surface area contributed by atoms with E-state index in [2.05, 4.69) is 15.4 Å². The standard InChI is InChI=1S/C12H11N3O2/c1-7(16)9-4-3-5-10(12(9)8(2)17)11-6-13-15-14-11/h3-6H,1-2H3,(H,13,14,15). The van der Waals surface area contributed by atoms with E-state index < -0.39 is 0 Å². The minimum absolute atomic E-state index is 0.138. The van der Waals surface area contributed by atoms with Crippen LogP contribution in [0.15, 0.2) is 24.4 Å². The van der Waals surface area contributed by atoms with Gasteiger partial charge in [0.05, 0.1) is 6.20 Å². The Kier molecular flexibility index (Phi) is 2.82. The molecule has 0 unspecified atom stereocenters. The number of aromatic nitrogens is 3. The van der Waals surface area contributed by atoms with Crippen molar-refractivity contribution >= 4 is 11.6 Å². The number of carbonyl (C=O) groups is 2. The highest BCUT2D eigenvalue weighted by Gasteiger charge is 2.17. The summed E-state index contributed by atoms with van der Waals surface area (Å²) in [5.41, 5.74) is 1.99. The zero-order valence-corrected chi connectivity index (χ0v) is 9.52. The number of benzene rings is 1. The van der Waals surface area contributed by atoms with Gasteiger partial charge in [0.2, 0.25) is 0 Å². The van der Waals surface area contributed by atoms with Crippen LogP contribution in [0, 0.1) is 0 Å². The zero-order chi connectivity index (χ0) is 12.4. The SMILES string of the molecule is CC(=O)c1cccc(-c2cn[nH]n2)c1C(C)=O. The number of Topliss-reactive ketones (excluding diaryl/α,β-unsaturated/α-hetero) is 2. The molecule has 1 aromatic heterocycles. The van der Waals surface area contributed by atoms with Crippen molar-refractivity contribution in [2.45, 2.75) is 13.8 Å². The second-order valence-corrected chi connectivity index (χ2v) is 3.70. The van der Waals surface area contributed by atoms with Gasteiger partial charge in [0.25, 0.3) is 0 Å². The van der Waals surface area contributed by atoms with Gasteiger partial charge in [0, 0.05) is 16.7 Å². The molecule has 1 heterocycles. The fourth-order valence-corrected chi connectivity index (χ4v) is 1.77. The molecular formula is C12H11N3O2. The molecule has 0 bridgehead atoms. The van der Waals surface area contributed by atoms with Gasteiger partial charge in [-0.25, -0.2) is 0 Å². The number of hydrogen-bond donors (Lipinski definition) is 1. The van der Waals surface area contributed by atoms with E-state index in [0.717, 1.165) is 0 Å². The van der Waals surface area contributed by atoms with E-state index in [1.165, 1.54) is 20.0 Å². The molecule has 0 aliphatic rings. The van der Waals surface area contributed by atoms with Gasteiger partial charge in [-0.3, -0.25) is 9.59 Å². The third-order valence-corrected chi connectivity index (χ3v) is 2.49. The lowest BCUT2D eigenvalue weighted by Gasteiger charge is -2.08. The summed E-state index contributed by atoms with van der Waals surface area (Å²) in [5.74, 6) is -0.297. The third kappa shape index (κ3) is 1.99. The average molecular weight is 229 g/mol. The first-order valence-corrected chi connectivity index (χ1v) is 5.12. The molecule has 0 aliphatic heterocycles. The van der Waals surface area contributed by atoms with Gasteiger partial charge in [-0.2, -0.15) is 15.4 Å². The fraction of sp³-hybridized carbons (Fsp3) is 0.167. The zero-order valence-electron chi connectivity index (χ0n) is 9.52. The number of aromatic amines is 1. The molecule has 2 aromatic rings. The minimum Gasteiger partial charge on any atom is -0.294 e. The molecule has 5 heteroatoms. The van der Waals surface area contributed by atoms with Gasteiger partial charge in [0.1, 0.15) is 5.69 Å². The van der Waals surface area contributed by atoms with E-state index in [1.807, 2.05) is 0 Å². The molecule has 5 nitrogen and oxygen atoms in total. The molecule has 0 fully saturated rings. The van der Waals surface area contributed by atoms with Crippen molar-refractivity contribution in [3.05, 3.63) is 35.5 Å². The Morgan fingerprint density at radius 2 is 1.94 bits per heavy atom. The topological polar surface area (TPSA) is 75.7 Å². The normalized spacial score (nSPS) is 10.2. The Balaban J connectivity index is 2.72. The monoisotopic (exact) mass is 229 g/mol. The first-order chi connectivity index (χ1) is 8.11. The number of hydrogen-bond acceptors (Lipinski definition) is 4. The molecule has 0 saturated heterocycles. The predicted molar refractivity (Wildman–Crippen MR) is 61.8 cm³/mol. The van der Waals surface area contributed by atoms with Crippen LogP contribution >= 0.6 is 0 Å². The van der Waals surface area contributed by atoms with Crippen LogP contribution < -0.4 is 0 Å². The number of carbonyl (C=O) groups excluding carboxylic acids is 2. The Labute approximate surface area is 97.9 Å². The molecule has 17 heavy (non-hydrogen) atoms. The van der Waals surface area contributed by atoms with E-state index in [9.17, 15) is 9.59 Å². The van der Waals surface area contributed by atoms with Crippen molar-refractivity contribution < 1.29 is 9.59 Å². The molecule has 0 radical (unpaired) electrons. The summed E-state index contributed by atoms with van der Waals surface area (Å²) in [6.45, 7) is 2.87. The molecule has 0 aliphatic carbocycles. The predicted octanol–water partition coefficient (Wildman–Crippen LogP) is 1.88. The fourth-order valence-electron chi connectivity index (χ4n) is 1.77. The molecule has 1 aromatic carbocycles. The van der Waals surface area contributed by atoms with Crippen molar-refractivity contribution in [1.82, 2.24) is 15.4 Å². The van der Waals surface area contributed by atoms with Crippen LogP contribution in [0.3, 0.4) is 0 Å². The summed E-state index contributed by atoms with van der Waals surface area (Å²) in [6.07, 6.45) is 1.52. The summed E-state index contributed by atoms with van der Waals surface area (Å²) in [7, 11) is 0. The maximum Gasteiger partial charge on any atom is 0.161 e. The van der Waals surface area contributed by atoms with Crippen LogP contribution in [0.5, 0.6) is 0 Å². The smallest absolute Gasteiger partial charge is 0.161 e. The summed E-state index contributed by atoms with van der Waals surface area (Å²) in [6, 6.07) is 5.12. The Morgan fingerprint density at radius 1 is 1.18 bits per heavy atom. The van der Waals surface area contributed by atoms with Gasteiger partial charge in [-0.05, 0) is 13.8 Å². The Morgan fingerprint density at radius 3 is 2.47 bits per heavy atom. The van der Waals surface area contributed by atoms with Crippen molar-refractivity contribution in [2.24, 2.45) is 0 Å². The molecule has 2 rings (SSSR count). The molecule has 0 amide bonds.